The van der Waals surface area contributed by atoms with Crippen LogP contribution >= 0.6 is 0 Å². The number of hydrogen-bond donors (Lipinski definition) is 1. The maximum atomic E-state index is 13.3. The van der Waals surface area contributed by atoms with Crippen LogP contribution in [0.1, 0.15) is 61.7 Å². The van der Waals surface area contributed by atoms with Gasteiger partial charge in [0, 0.05) is 25.3 Å². The van der Waals surface area contributed by atoms with Gasteiger partial charge in [0.2, 0.25) is 0 Å². The highest BCUT2D eigenvalue weighted by Crippen LogP contribution is 2.51. The van der Waals surface area contributed by atoms with Gasteiger partial charge in [0.25, 0.3) is 5.91 Å². The zero-order valence-corrected chi connectivity index (χ0v) is 23.2. The van der Waals surface area contributed by atoms with Gasteiger partial charge in [0.15, 0.2) is 12.3 Å². The molecule has 5 rings (SSSR count). The lowest BCUT2D eigenvalue weighted by Gasteiger charge is -2.34. The Morgan fingerprint density at radius 2 is 1.83 bits per heavy atom. The van der Waals surface area contributed by atoms with E-state index in [1.807, 2.05) is 36.4 Å². The topological polar surface area (TPSA) is 118 Å². The van der Waals surface area contributed by atoms with Crippen LogP contribution in [0.3, 0.4) is 0 Å². The number of aromatic nitrogens is 2. The van der Waals surface area contributed by atoms with Crippen molar-refractivity contribution in [3.8, 4) is 0 Å². The number of fused-ring (bicyclic) bond motifs is 1. The van der Waals surface area contributed by atoms with Gasteiger partial charge in [0.05, 0.1) is 12.7 Å². The Balaban J connectivity index is 1.44. The van der Waals surface area contributed by atoms with Gasteiger partial charge < -0.3 is 24.3 Å². The Labute approximate surface area is 238 Å². The third-order valence-corrected chi connectivity index (χ3v) is 7.52. The fourth-order valence-electron chi connectivity index (χ4n) is 5.53. The second-order valence-electron chi connectivity index (χ2n) is 10.3. The van der Waals surface area contributed by atoms with Crippen molar-refractivity contribution >= 4 is 17.7 Å². The minimum atomic E-state index is -1.04. The summed E-state index contributed by atoms with van der Waals surface area (Å²) in [5.41, 5.74) is -0.312. The van der Waals surface area contributed by atoms with Gasteiger partial charge in [-0.3, -0.25) is 14.2 Å². The molecule has 41 heavy (non-hydrogen) atoms. The van der Waals surface area contributed by atoms with Crippen molar-refractivity contribution in [1.82, 2.24) is 9.55 Å². The van der Waals surface area contributed by atoms with Crippen LogP contribution in [0.15, 0.2) is 77.7 Å². The molecule has 10 heteroatoms. The summed E-state index contributed by atoms with van der Waals surface area (Å²) in [6.45, 7) is 4.25. The summed E-state index contributed by atoms with van der Waals surface area (Å²) in [6.07, 6.45) is 1.73. The number of nitrogens with zero attached hydrogens (tertiary/aromatic N) is 2. The van der Waals surface area contributed by atoms with E-state index in [1.54, 1.807) is 24.3 Å². The Hall–Kier alpha value is -3.86. The number of ether oxygens (including phenoxy) is 4. The molecule has 216 valence electrons. The molecule has 1 aliphatic carbocycles. The van der Waals surface area contributed by atoms with Crippen LogP contribution < -0.4 is 11.0 Å². The van der Waals surface area contributed by atoms with E-state index >= 15 is 0 Å². The average Bonchev–Trinajstić information content (AvgIpc) is 3.47. The summed E-state index contributed by atoms with van der Waals surface area (Å²) in [4.78, 5) is 42.3. The minimum Gasteiger partial charge on any atom is -0.454 e. The smallest absolute Gasteiger partial charge is 0.351 e. The highest BCUT2D eigenvalue weighted by atomic mass is 16.7. The maximum absolute atomic E-state index is 13.3. The maximum Gasteiger partial charge on any atom is 0.351 e. The molecule has 1 N–H and O–H groups in total. The quantitative estimate of drug-likeness (QED) is 0.273. The first-order valence-electron chi connectivity index (χ1n) is 14.0. The molecular formula is C31H35N3O7. The summed E-state index contributed by atoms with van der Waals surface area (Å²) in [7, 11) is 0. The van der Waals surface area contributed by atoms with Crippen molar-refractivity contribution in [2.24, 2.45) is 0 Å². The molecule has 3 aromatic rings. The van der Waals surface area contributed by atoms with E-state index in [0.29, 0.717) is 25.0 Å². The molecule has 2 aliphatic rings. The van der Waals surface area contributed by atoms with Gasteiger partial charge in [-0.15, -0.1) is 0 Å². The molecule has 1 saturated carbocycles. The number of amides is 1. The second-order valence-corrected chi connectivity index (χ2v) is 10.3. The van der Waals surface area contributed by atoms with Crippen LogP contribution in [-0.2, 0) is 30.3 Å². The van der Waals surface area contributed by atoms with Crippen LogP contribution in [0.5, 0.6) is 0 Å². The zero-order valence-electron chi connectivity index (χ0n) is 23.2. The van der Waals surface area contributed by atoms with Crippen LogP contribution in [0, 0.1) is 0 Å². The number of carbonyl (C=O) groups excluding carboxylic acids is 2. The van der Waals surface area contributed by atoms with Crippen LogP contribution in [0.4, 0.5) is 5.82 Å². The lowest BCUT2D eigenvalue weighted by molar-refractivity contribution is -0.174. The van der Waals surface area contributed by atoms with E-state index in [2.05, 4.69) is 17.2 Å². The molecule has 0 spiro atoms. The molecular weight excluding hydrogens is 526 g/mol. The summed E-state index contributed by atoms with van der Waals surface area (Å²) < 4.78 is 26.4. The molecule has 2 heterocycles. The normalized spacial score (nSPS) is 25.0. The van der Waals surface area contributed by atoms with E-state index in [0.717, 1.165) is 18.4 Å². The molecule has 2 fully saturated rings. The molecule has 1 saturated heterocycles. The van der Waals surface area contributed by atoms with Crippen molar-refractivity contribution in [3.05, 3.63) is 94.5 Å². The predicted molar refractivity (Wildman–Crippen MR) is 150 cm³/mol. The number of unbranched alkanes of at least 4 members (excludes halogenated alkanes) is 1. The number of anilines is 1. The van der Waals surface area contributed by atoms with Gasteiger partial charge in [-0.25, -0.2) is 4.79 Å². The predicted octanol–water partition coefficient (Wildman–Crippen LogP) is 4.26. The Kier molecular flexibility index (Phi) is 8.92. The number of esters is 1. The van der Waals surface area contributed by atoms with E-state index in [-0.39, 0.29) is 24.4 Å². The summed E-state index contributed by atoms with van der Waals surface area (Å²) in [6, 6.07) is 19.9. The molecule has 1 unspecified atom stereocenters. The molecule has 1 amide bonds. The molecule has 1 aromatic heterocycles. The zero-order chi connectivity index (χ0) is 28.8. The first-order chi connectivity index (χ1) is 19.9. The van der Waals surface area contributed by atoms with E-state index < -0.39 is 35.7 Å². The monoisotopic (exact) mass is 561 g/mol. The standard InChI is InChI=1S/C31H35N3O7/c1-3-4-19-38-24-15-17-31(39-20-22-11-7-5-8-12-22)26(24)41-29(27(31)40-21(2)35)34-18-16-25(33-30(34)37)32-28(36)23-13-9-6-10-14-23/h5-14,16,18,24,26-27,29H,3-4,15,17,19-20H2,1-2H3,(H,32,33,36,37)/t24-,26?,27+,29-,31-/m1/s1. The van der Waals surface area contributed by atoms with E-state index in [1.165, 1.54) is 23.8 Å². The van der Waals surface area contributed by atoms with Crippen molar-refractivity contribution in [3.63, 3.8) is 0 Å². The first-order valence-corrected chi connectivity index (χ1v) is 14.0. The molecule has 0 bridgehead atoms. The van der Waals surface area contributed by atoms with Gasteiger partial charge in [-0.05, 0) is 43.0 Å². The third-order valence-electron chi connectivity index (χ3n) is 7.52. The highest BCUT2D eigenvalue weighted by molar-refractivity contribution is 6.03. The summed E-state index contributed by atoms with van der Waals surface area (Å²) >= 11 is 0. The van der Waals surface area contributed by atoms with Crippen LogP contribution in [0.25, 0.3) is 0 Å². The van der Waals surface area contributed by atoms with Gasteiger partial charge in [0.1, 0.15) is 17.5 Å². The summed E-state index contributed by atoms with van der Waals surface area (Å²) in [5.74, 6) is -0.812. The average molecular weight is 562 g/mol. The SMILES string of the molecule is CCCCO[C@@H]1CC[C@@]2(OCc3ccccc3)C1O[C@@H](n1ccc(NC(=O)c3ccccc3)nc1=O)[C@@H]2OC(C)=O. The van der Waals surface area contributed by atoms with Crippen molar-refractivity contribution < 1.29 is 28.5 Å². The largest absolute Gasteiger partial charge is 0.454 e. The highest BCUT2D eigenvalue weighted by Gasteiger charge is 2.66. The Morgan fingerprint density at radius 3 is 2.51 bits per heavy atom. The molecule has 5 atom stereocenters. The number of benzene rings is 2. The molecule has 0 radical (unpaired) electrons. The Morgan fingerprint density at radius 1 is 1.10 bits per heavy atom. The Bertz CT molecular complexity index is 1400. The van der Waals surface area contributed by atoms with Crippen molar-refractivity contribution in [2.75, 3.05) is 11.9 Å². The van der Waals surface area contributed by atoms with Gasteiger partial charge in [-0.2, -0.15) is 4.98 Å². The first kappa shape index (κ1) is 28.7. The van der Waals surface area contributed by atoms with Gasteiger partial charge in [-0.1, -0.05) is 61.9 Å². The van der Waals surface area contributed by atoms with Crippen molar-refractivity contribution in [1.29, 1.82) is 0 Å². The molecule has 1 aliphatic heterocycles. The third kappa shape index (κ3) is 6.24. The fraction of sp³-hybridized carbons (Fsp3) is 0.419. The summed E-state index contributed by atoms with van der Waals surface area (Å²) in [5, 5.41) is 2.65. The fourth-order valence-corrected chi connectivity index (χ4v) is 5.53. The van der Waals surface area contributed by atoms with Crippen LogP contribution in [0.2, 0.25) is 0 Å². The van der Waals surface area contributed by atoms with Crippen LogP contribution in [-0.4, -0.2) is 51.9 Å². The van der Waals surface area contributed by atoms with Gasteiger partial charge >= 0.3 is 11.7 Å². The minimum absolute atomic E-state index is 0.0955. The number of hydrogen-bond acceptors (Lipinski definition) is 8. The number of nitrogens with one attached hydrogen (secondary N) is 1. The number of rotatable bonds is 11. The van der Waals surface area contributed by atoms with E-state index in [4.69, 9.17) is 18.9 Å². The second kappa shape index (κ2) is 12.8. The lowest BCUT2D eigenvalue weighted by Crippen LogP contribution is -2.51. The molecule has 2 aromatic carbocycles. The van der Waals surface area contributed by atoms with Crippen molar-refractivity contribution in [2.45, 2.75) is 76.3 Å². The van der Waals surface area contributed by atoms with E-state index in [9.17, 15) is 14.4 Å². The number of carbonyl (C=O) groups is 2. The molecule has 10 nitrogen and oxygen atoms in total. The lowest BCUT2D eigenvalue weighted by atomic mass is 9.93.